The van der Waals surface area contributed by atoms with Crippen molar-refractivity contribution >= 4 is 69.3 Å². The Morgan fingerprint density at radius 2 is 0.893 bits per heavy atom. The fourth-order valence-electron chi connectivity index (χ4n) is 8.78. The van der Waals surface area contributed by atoms with Crippen molar-refractivity contribution in [2.75, 3.05) is 0 Å². The number of ketones is 2. The standard InChI is InChI=1S/C24H20ClF3N4O2.C17H14ClF3N4O2.C16H14ClN3O3/c1-15(34-14-16-5-3-2-4-6-16)23-18(13-30-22-12-21(25)31-32(22)23)11-19(33)9-17-7-8-29-20(10-17)24(26,27)28;1-9(26)16-11(8-23-15-7-14(18)24-25(15)16)6-12(27)4-10-2-3-22-13(5-10)17(19,20)21;1-10(23-9-11-5-3-2-4-6-11)15-12(16(21)22)8-18-14-7-13(17)19-20(14)15/h2-8,10,12-13,15H,9,11,14H2,1H3;2-3,5,7-9,26H,4,6H2,1H3;2-8,10H,9H2,1H3,(H,21,22)/t15-;9-;10-/m000/s1. The molecule has 0 amide bonds. The first-order valence-electron chi connectivity index (χ1n) is 25.3. The number of fused-ring (bicyclic) bond motifs is 3. The van der Waals surface area contributed by atoms with Gasteiger partial charge in [0.1, 0.15) is 28.5 Å². The maximum Gasteiger partial charge on any atom is 0.433 e. The van der Waals surface area contributed by atoms with E-state index in [0.29, 0.717) is 58.4 Å². The zero-order chi connectivity index (χ0) is 60.5. The van der Waals surface area contributed by atoms with Crippen molar-refractivity contribution in [1.82, 2.24) is 53.8 Å². The van der Waals surface area contributed by atoms with Crippen molar-refractivity contribution in [3.63, 3.8) is 0 Å². The average molecular weight is 1220 g/mol. The number of carboxylic acids is 1. The Hall–Kier alpha value is -8.26. The maximum absolute atomic E-state index is 12.9. The maximum atomic E-state index is 12.9. The fourth-order valence-corrected chi connectivity index (χ4v) is 9.30. The highest BCUT2D eigenvalue weighted by Crippen LogP contribution is 2.31. The molecule has 0 aliphatic rings. The van der Waals surface area contributed by atoms with Crippen LogP contribution < -0.4 is 0 Å². The molecule has 0 aliphatic carbocycles. The van der Waals surface area contributed by atoms with Gasteiger partial charge in [0.25, 0.3) is 0 Å². The zero-order valence-electron chi connectivity index (χ0n) is 44.4. The van der Waals surface area contributed by atoms with Gasteiger partial charge in [0.05, 0.1) is 48.6 Å². The molecular formula is C57H48Cl3F6N11O7. The molecule has 0 aliphatic heterocycles. The summed E-state index contributed by atoms with van der Waals surface area (Å²) in [4.78, 5) is 55.8. The summed E-state index contributed by atoms with van der Waals surface area (Å²) < 4.78 is 93.3. The number of hydrogen-bond acceptors (Lipinski definition) is 14. The van der Waals surface area contributed by atoms with Crippen molar-refractivity contribution in [2.45, 2.75) is 90.3 Å². The van der Waals surface area contributed by atoms with Crippen LogP contribution in [0.25, 0.3) is 16.9 Å². The molecule has 18 nitrogen and oxygen atoms in total. The minimum absolute atomic E-state index is 0.0397. The lowest BCUT2D eigenvalue weighted by molar-refractivity contribution is -0.142. The van der Waals surface area contributed by atoms with Crippen LogP contribution in [0.4, 0.5) is 26.3 Å². The van der Waals surface area contributed by atoms with Gasteiger partial charge in [0.15, 0.2) is 32.4 Å². The van der Waals surface area contributed by atoms with Gasteiger partial charge in [-0.3, -0.25) is 19.6 Å². The van der Waals surface area contributed by atoms with Crippen LogP contribution in [0.2, 0.25) is 15.5 Å². The lowest BCUT2D eigenvalue weighted by atomic mass is 10.0. The molecule has 0 fully saturated rings. The lowest BCUT2D eigenvalue weighted by Gasteiger charge is -2.18. The van der Waals surface area contributed by atoms with Crippen molar-refractivity contribution < 1.29 is 60.4 Å². The summed E-state index contributed by atoms with van der Waals surface area (Å²) in [7, 11) is 0. The first kappa shape index (κ1) is 61.8. The van der Waals surface area contributed by atoms with Gasteiger partial charge in [-0.15, -0.1) is 0 Å². The van der Waals surface area contributed by atoms with E-state index in [2.05, 4.69) is 40.2 Å². The number of benzene rings is 2. The molecule has 8 heterocycles. The Labute approximate surface area is 488 Å². The second-order valence-corrected chi connectivity index (χ2v) is 20.0. The molecule has 10 rings (SSSR count). The molecule has 0 saturated carbocycles. The van der Waals surface area contributed by atoms with E-state index >= 15 is 0 Å². The smallest absolute Gasteiger partial charge is 0.433 e. The van der Waals surface area contributed by atoms with E-state index < -0.39 is 48.0 Å². The Kier molecular flexibility index (Phi) is 19.8. The SMILES string of the molecule is C[C@H](O)c1c(CC(=O)Cc2ccnc(C(F)(F)F)c2)cnc2cc(Cl)nn12.C[C@H](OCc1ccccc1)c1c(C(=O)O)cnc2cc(Cl)nn12.C[C@H](OCc1ccccc1)c1c(CC(=O)Cc2ccnc(C(F)(F)F)c2)cnc2cc(Cl)nn12. The van der Waals surface area contributed by atoms with Gasteiger partial charge in [-0.2, -0.15) is 41.6 Å². The third-order valence-electron chi connectivity index (χ3n) is 12.5. The van der Waals surface area contributed by atoms with E-state index in [0.717, 1.165) is 35.7 Å². The van der Waals surface area contributed by atoms with Crippen molar-refractivity contribution in [2.24, 2.45) is 0 Å². The van der Waals surface area contributed by atoms with Crippen molar-refractivity contribution in [3.8, 4) is 0 Å². The Balaban J connectivity index is 0.000000168. The molecule has 10 aromatic rings. The van der Waals surface area contributed by atoms with E-state index in [4.69, 9.17) is 44.3 Å². The van der Waals surface area contributed by atoms with Crippen LogP contribution in [0.15, 0.2) is 134 Å². The molecule has 0 radical (unpaired) electrons. The number of nitrogens with zero attached hydrogens (tertiary/aromatic N) is 11. The Bertz CT molecular complexity index is 3960. The number of rotatable bonds is 18. The van der Waals surface area contributed by atoms with Crippen LogP contribution in [0.3, 0.4) is 0 Å². The number of pyridine rings is 2. The first-order chi connectivity index (χ1) is 39.9. The number of Topliss-reactive ketones (excluding diaryl/α,β-unsaturated/α-hetero) is 2. The third-order valence-corrected chi connectivity index (χ3v) is 13.1. The van der Waals surface area contributed by atoms with Crippen molar-refractivity contribution in [3.05, 3.63) is 217 Å². The zero-order valence-corrected chi connectivity index (χ0v) is 46.7. The normalized spacial score (nSPS) is 12.8. The van der Waals surface area contributed by atoms with E-state index in [1.54, 1.807) is 25.3 Å². The topological polar surface area (TPSA) is 226 Å². The molecule has 84 heavy (non-hydrogen) atoms. The highest BCUT2D eigenvalue weighted by molar-refractivity contribution is 6.30. The quantitative estimate of drug-likeness (QED) is 0.0762. The van der Waals surface area contributed by atoms with Crippen LogP contribution >= 0.6 is 34.8 Å². The van der Waals surface area contributed by atoms with Gasteiger partial charge >= 0.3 is 18.3 Å². The number of hydrogen-bond donors (Lipinski definition) is 2. The minimum Gasteiger partial charge on any atom is -0.478 e. The Morgan fingerprint density at radius 1 is 0.512 bits per heavy atom. The molecule has 0 spiro atoms. The Morgan fingerprint density at radius 3 is 1.30 bits per heavy atom. The molecule has 2 aromatic carbocycles. The number of halogens is 9. The number of alkyl halides is 6. The predicted octanol–water partition coefficient (Wildman–Crippen LogP) is 12.0. The van der Waals surface area contributed by atoms with Gasteiger partial charge in [-0.05, 0) is 67.3 Å². The summed E-state index contributed by atoms with van der Waals surface area (Å²) >= 11 is 17.8. The molecule has 27 heteroatoms. The predicted molar refractivity (Wildman–Crippen MR) is 294 cm³/mol. The van der Waals surface area contributed by atoms with Gasteiger partial charge in [-0.25, -0.2) is 33.3 Å². The highest BCUT2D eigenvalue weighted by atomic mass is 35.5. The lowest BCUT2D eigenvalue weighted by Crippen LogP contribution is -2.16. The summed E-state index contributed by atoms with van der Waals surface area (Å²) in [5.74, 6) is -1.71. The number of carboxylic acid groups (broad SMARTS) is 1. The summed E-state index contributed by atoms with van der Waals surface area (Å²) in [5.41, 5.74) is 4.11. The van der Waals surface area contributed by atoms with Crippen LogP contribution in [-0.4, -0.2) is 81.5 Å². The monoisotopic (exact) mass is 1220 g/mol. The number of aliphatic hydroxyl groups is 1. The molecule has 0 unspecified atom stereocenters. The minimum atomic E-state index is -4.58. The van der Waals surface area contributed by atoms with E-state index in [1.807, 2.05) is 67.6 Å². The van der Waals surface area contributed by atoms with E-state index in [-0.39, 0.29) is 69.4 Å². The van der Waals surface area contributed by atoms with Gasteiger partial charge in [-0.1, -0.05) is 95.5 Å². The van der Waals surface area contributed by atoms with Gasteiger partial charge < -0.3 is 19.7 Å². The summed E-state index contributed by atoms with van der Waals surface area (Å²) in [6.45, 7) is 5.82. The second kappa shape index (κ2) is 27.0. The largest absolute Gasteiger partial charge is 0.478 e. The number of aliphatic hydroxyl groups excluding tert-OH is 1. The van der Waals surface area contributed by atoms with Crippen LogP contribution in [-0.2, 0) is 70.3 Å². The van der Waals surface area contributed by atoms with Gasteiger partial charge in [0.2, 0.25) is 0 Å². The molecule has 2 N–H and O–H groups in total. The van der Waals surface area contributed by atoms with Crippen LogP contribution in [0, 0.1) is 0 Å². The van der Waals surface area contributed by atoms with E-state index in [9.17, 15) is 50.9 Å². The molecule has 3 atom stereocenters. The number of ether oxygens (including phenoxy) is 2. The highest BCUT2D eigenvalue weighted by Gasteiger charge is 2.34. The summed E-state index contributed by atoms with van der Waals surface area (Å²) in [6, 6.07) is 28.4. The second-order valence-electron chi connectivity index (χ2n) is 18.8. The molecule has 436 valence electrons. The number of aromatic carboxylic acids is 1. The third kappa shape index (κ3) is 15.9. The van der Waals surface area contributed by atoms with Crippen molar-refractivity contribution in [1.29, 1.82) is 0 Å². The molecule has 0 bridgehead atoms. The number of aromatic nitrogens is 11. The number of carbonyl (C=O) groups excluding carboxylic acids is 2. The van der Waals surface area contributed by atoms with Crippen LogP contribution in [0.5, 0.6) is 0 Å². The molecular weight excluding hydrogens is 1170 g/mol. The number of carbonyl (C=O) groups is 3. The average Bonchev–Trinajstić information content (AvgIpc) is 2.90. The summed E-state index contributed by atoms with van der Waals surface area (Å²) in [5, 5.41) is 32.6. The molecule has 0 saturated heterocycles. The van der Waals surface area contributed by atoms with Gasteiger partial charge in [0, 0.05) is 86.0 Å². The molecule has 8 aromatic heterocycles. The van der Waals surface area contributed by atoms with E-state index in [1.165, 1.54) is 51.1 Å². The first-order valence-corrected chi connectivity index (χ1v) is 26.5. The fraction of sp³-hybridized carbons (Fsp3) is 0.246. The summed E-state index contributed by atoms with van der Waals surface area (Å²) in [6.07, 6.45) is -5.28. The van der Waals surface area contributed by atoms with Crippen LogP contribution in [0.1, 0.15) is 111 Å².